The zero-order valence-electron chi connectivity index (χ0n) is 10.4. The van der Waals surface area contributed by atoms with E-state index < -0.39 is 0 Å². The number of carbonyl (C=O) groups is 1. The summed E-state index contributed by atoms with van der Waals surface area (Å²) >= 11 is 1.95. The van der Waals surface area contributed by atoms with Gasteiger partial charge in [0.15, 0.2) is 0 Å². The number of thioether (sulfide) groups is 1. The van der Waals surface area contributed by atoms with E-state index in [4.69, 9.17) is 4.74 Å². The first-order valence-corrected chi connectivity index (χ1v) is 7.53. The zero-order chi connectivity index (χ0) is 12.1. The second-order valence-electron chi connectivity index (χ2n) is 4.67. The SMILES string of the molecule is COC(=O)C[C@@H]1CSCCN1[C@H]1C=CCCC1. The molecule has 1 saturated heterocycles. The number of nitrogens with zero attached hydrogens (tertiary/aromatic N) is 1. The molecule has 0 unspecified atom stereocenters. The summed E-state index contributed by atoms with van der Waals surface area (Å²) < 4.78 is 4.80. The Morgan fingerprint density at radius 3 is 3.18 bits per heavy atom. The molecule has 3 nitrogen and oxygen atoms in total. The molecule has 0 amide bonds. The Labute approximate surface area is 108 Å². The lowest BCUT2D eigenvalue weighted by Crippen LogP contribution is -2.49. The van der Waals surface area contributed by atoms with Gasteiger partial charge < -0.3 is 4.74 Å². The predicted molar refractivity (Wildman–Crippen MR) is 71.2 cm³/mol. The highest BCUT2D eigenvalue weighted by Gasteiger charge is 2.30. The van der Waals surface area contributed by atoms with E-state index in [0.717, 1.165) is 12.3 Å². The number of rotatable bonds is 3. The van der Waals surface area contributed by atoms with E-state index in [1.807, 2.05) is 11.8 Å². The summed E-state index contributed by atoms with van der Waals surface area (Å²) in [6, 6.07) is 0.897. The number of methoxy groups -OCH3 is 1. The Hall–Kier alpha value is -0.480. The molecule has 4 heteroatoms. The maximum absolute atomic E-state index is 11.4. The lowest BCUT2D eigenvalue weighted by atomic mass is 9.99. The van der Waals surface area contributed by atoms with E-state index in [-0.39, 0.29) is 5.97 Å². The maximum Gasteiger partial charge on any atom is 0.307 e. The van der Waals surface area contributed by atoms with Gasteiger partial charge in [-0.2, -0.15) is 11.8 Å². The topological polar surface area (TPSA) is 29.5 Å². The number of carbonyl (C=O) groups excluding carboxylic acids is 1. The Morgan fingerprint density at radius 2 is 2.47 bits per heavy atom. The predicted octanol–water partition coefficient (Wildman–Crippen LogP) is 2.08. The zero-order valence-corrected chi connectivity index (χ0v) is 11.2. The summed E-state index contributed by atoms with van der Waals surface area (Å²) in [5.74, 6) is 2.16. The summed E-state index contributed by atoms with van der Waals surface area (Å²) in [6.07, 6.45) is 8.86. The van der Waals surface area contributed by atoms with Gasteiger partial charge in [0, 0.05) is 30.1 Å². The Bertz CT molecular complexity index is 293. The van der Waals surface area contributed by atoms with E-state index in [2.05, 4.69) is 17.1 Å². The van der Waals surface area contributed by atoms with Gasteiger partial charge in [0.2, 0.25) is 0 Å². The molecule has 2 atom stereocenters. The Morgan fingerprint density at radius 1 is 1.59 bits per heavy atom. The van der Waals surface area contributed by atoms with Crippen molar-refractivity contribution in [3.63, 3.8) is 0 Å². The van der Waals surface area contributed by atoms with Crippen LogP contribution in [0.1, 0.15) is 25.7 Å². The van der Waals surface area contributed by atoms with Crippen molar-refractivity contribution in [1.29, 1.82) is 0 Å². The fourth-order valence-electron chi connectivity index (χ4n) is 2.63. The fraction of sp³-hybridized carbons (Fsp3) is 0.769. The normalized spacial score (nSPS) is 30.2. The molecule has 0 aromatic carbocycles. The van der Waals surface area contributed by atoms with Crippen molar-refractivity contribution >= 4 is 17.7 Å². The molecule has 0 saturated carbocycles. The van der Waals surface area contributed by atoms with Gasteiger partial charge in [0.05, 0.1) is 13.5 Å². The first-order valence-electron chi connectivity index (χ1n) is 6.38. The van der Waals surface area contributed by atoms with Crippen molar-refractivity contribution in [2.45, 2.75) is 37.8 Å². The molecule has 0 aromatic heterocycles. The molecule has 2 aliphatic rings. The van der Waals surface area contributed by atoms with Gasteiger partial charge >= 0.3 is 5.97 Å². The van der Waals surface area contributed by atoms with Crippen LogP contribution in [0.2, 0.25) is 0 Å². The molecule has 0 radical (unpaired) electrons. The van der Waals surface area contributed by atoms with Gasteiger partial charge in [-0.3, -0.25) is 9.69 Å². The van der Waals surface area contributed by atoms with Crippen LogP contribution in [0.25, 0.3) is 0 Å². The lowest BCUT2D eigenvalue weighted by molar-refractivity contribution is -0.142. The van der Waals surface area contributed by atoms with Gasteiger partial charge in [-0.15, -0.1) is 0 Å². The number of esters is 1. The largest absolute Gasteiger partial charge is 0.469 e. The third-order valence-electron chi connectivity index (χ3n) is 3.56. The third kappa shape index (κ3) is 3.49. The van der Waals surface area contributed by atoms with Crippen molar-refractivity contribution in [3.8, 4) is 0 Å². The minimum Gasteiger partial charge on any atom is -0.469 e. The average Bonchev–Trinajstić information content (AvgIpc) is 2.40. The van der Waals surface area contributed by atoms with Crippen LogP contribution in [-0.2, 0) is 9.53 Å². The van der Waals surface area contributed by atoms with Crippen LogP contribution in [0.5, 0.6) is 0 Å². The monoisotopic (exact) mass is 255 g/mol. The van der Waals surface area contributed by atoms with E-state index in [1.54, 1.807) is 0 Å². The highest BCUT2D eigenvalue weighted by atomic mass is 32.2. The molecule has 17 heavy (non-hydrogen) atoms. The van der Waals surface area contributed by atoms with Crippen LogP contribution in [0.4, 0.5) is 0 Å². The average molecular weight is 255 g/mol. The third-order valence-corrected chi connectivity index (χ3v) is 4.65. The van der Waals surface area contributed by atoms with E-state index in [0.29, 0.717) is 18.5 Å². The number of allylic oxidation sites excluding steroid dienone is 1. The van der Waals surface area contributed by atoms with Crippen molar-refractivity contribution < 1.29 is 9.53 Å². The van der Waals surface area contributed by atoms with Crippen LogP contribution in [0.3, 0.4) is 0 Å². The standard InChI is InChI=1S/C13H21NO2S/c1-16-13(15)9-12-10-17-8-7-14(12)11-5-3-2-4-6-11/h3,5,11-12H,2,4,6-10H2,1H3/t11-,12+/m0/s1. The molecule has 0 spiro atoms. The van der Waals surface area contributed by atoms with Crippen molar-refractivity contribution in [2.24, 2.45) is 0 Å². The minimum absolute atomic E-state index is 0.0812. The van der Waals surface area contributed by atoms with Gasteiger partial charge in [-0.05, 0) is 19.3 Å². The second kappa shape index (κ2) is 6.45. The Kier molecular flexibility index (Phi) is 4.92. The number of hydrogen-bond acceptors (Lipinski definition) is 4. The van der Waals surface area contributed by atoms with Gasteiger partial charge in [0.1, 0.15) is 0 Å². The summed E-state index contributed by atoms with van der Waals surface area (Å²) in [7, 11) is 1.48. The number of hydrogen-bond donors (Lipinski definition) is 0. The highest BCUT2D eigenvalue weighted by molar-refractivity contribution is 7.99. The van der Waals surface area contributed by atoms with Crippen LogP contribution in [0.15, 0.2) is 12.2 Å². The summed E-state index contributed by atoms with van der Waals surface area (Å²) in [6.45, 7) is 1.10. The van der Waals surface area contributed by atoms with Crippen LogP contribution in [0, 0.1) is 0 Å². The molecule has 1 aliphatic carbocycles. The fourth-order valence-corrected chi connectivity index (χ4v) is 3.71. The molecule has 2 rings (SSSR count). The number of ether oxygens (including phenoxy) is 1. The van der Waals surface area contributed by atoms with Crippen LogP contribution in [-0.4, -0.2) is 48.1 Å². The quantitative estimate of drug-likeness (QED) is 0.570. The molecule has 0 bridgehead atoms. The molecular weight excluding hydrogens is 234 g/mol. The lowest BCUT2D eigenvalue weighted by Gasteiger charge is -2.40. The summed E-state index contributed by atoms with van der Waals surface area (Å²) in [4.78, 5) is 13.9. The smallest absolute Gasteiger partial charge is 0.307 e. The molecule has 1 heterocycles. The molecule has 1 fully saturated rings. The van der Waals surface area contributed by atoms with Gasteiger partial charge in [0.25, 0.3) is 0 Å². The van der Waals surface area contributed by atoms with E-state index in [9.17, 15) is 4.79 Å². The summed E-state index contributed by atoms with van der Waals surface area (Å²) in [5, 5.41) is 0. The molecule has 0 aromatic rings. The van der Waals surface area contributed by atoms with Crippen molar-refractivity contribution in [2.75, 3.05) is 25.2 Å². The maximum atomic E-state index is 11.4. The Balaban J connectivity index is 1.98. The minimum atomic E-state index is -0.0812. The van der Waals surface area contributed by atoms with Crippen molar-refractivity contribution in [1.82, 2.24) is 4.90 Å². The second-order valence-corrected chi connectivity index (χ2v) is 5.82. The van der Waals surface area contributed by atoms with Crippen LogP contribution < -0.4 is 0 Å². The first-order chi connectivity index (χ1) is 8.31. The van der Waals surface area contributed by atoms with Crippen molar-refractivity contribution in [3.05, 3.63) is 12.2 Å². The van der Waals surface area contributed by atoms with Crippen LogP contribution >= 0.6 is 11.8 Å². The molecular formula is C13H21NO2S. The molecule has 96 valence electrons. The van der Waals surface area contributed by atoms with Gasteiger partial charge in [-0.25, -0.2) is 0 Å². The van der Waals surface area contributed by atoms with Gasteiger partial charge in [-0.1, -0.05) is 12.2 Å². The van der Waals surface area contributed by atoms with E-state index in [1.165, 1.54) is 32.1 Å². The highest BCUT2D eigenvalue weighted by Crippen LogP contribution is 2.26. The van der Waals surface area contributed by atoms with E-state index >= 15 is 0 Å². The summed E-state index contributed by atoms with van der Waals surface area (Å²) in [5.41, 5.74) is 0. The molecule has 1 aliphatic heterocycles. The first kappa shape index (κ1) is 13.0. The molecule has 0 N–H and O–H groups in total.